The molecule has 104 valence electrons. The SMILES string of the molecule is CCC(N)CC(=O)Nc1cc(C(=O)OC)ccc1F. The van der Waals surface area contributed by atoms with Crippen LogP contribution in [0.3, 0.4) is 0 Å². The predicted molar refractivity (Wildman–Crippen MR) is 69.3 cm³/mol. The van der Waals surface area contributed by atoms with Crippen LogP contribution in [0.25, 0.3) is 0 Å². The third-order valence-corrected chi connectivity index (χ3v) is 2.63. The van der Waals surface area contributed by atoms with Crippen molar-refractivity contribution in [2.75, 3.05) is 12.4 Å². The second-order valence-corrected chi connectivity index (χ2v) is 4.11. The minimum absolute atomic E-state index is 0.0591. The summed E-state index contributed by atoms with van der Waals surface area (Å²) in [5, 5.41) is 2.39. The molecule has 0 fully saturated rings. The van der Waals surface area contributed by atoms with E-state index in [1.165, 1.54) is 19.2 Å². The summed E-state index contributed by atoms with van der Waals surface area (Å²) in [6, 6.07) is 3.35. The van der Waals surface area contributed by atoms with Crippen LogP contribution in [0.4, 0.5) is 10.1 Å². The monoisotopic (exact) mass is 268 g/mol. The maximum absolute atomic E-state index is 13.5. The number of halogens is 1. The molecule has 0 radical (unpaired) electrons. The zero-order valence-corrected chi connectivity index (χ0v) is 10.9. The van der Waals surface area contributed by atoms with Crippen molar-refractivity contribution in [2.24, 2.45) is 5.73 Å². The van der Waals surface area contributed by atoms with Gasteiger partial charge in [-0.3, -0.25) is 4.79 Å². The largest absolute Gasteiger partial charge is 0.465 e. The number of anilines is 1. The highest BCUT2D eigenvalue weighted by atomic mass is 19.1. The van der Waals surface area contributed by atoms with Crippen molar-refractivity contribution < 1.29 is 18.7 Å². The topological polar surface area (TPSA) is 81.4 Å². The molecule has 0 heterocycles. The van der Waals surface area contributed by atoms with Crippen LogP contribution in [-0.2, 0) is 9.53 Å². The predicted octanol–water partition coefficient (Wildman–Crippen LogP) is 1.68. The van der Waals surface area contributed by atoms with Crippen LogP contribution in [0.5, 0.6) is 0 Å². The van der Waals surface area contributed by atoms with Crippen molar-refractivity contribution in [2.45, 2.75) is 25.8 Å². The first-order chi connectivity index (χ1) is 8.97. The molecule has 0 aliphatic rings. The Morgan fingerprint density at radius 1 is 1.47 bits per heavy atom. The van der Waals surface area contributed by atoms with Gasteiger partial charge in [0.15, 0.2) is 0 Å². The molecule has 1 aromatic carbocycles. The van der Waals surface area contributed by atoms with Crippen LogP contribution in [0.2, 0.25) is 0 Å². The van der Waals surface area contributed by atoms with E-state index < -0.39 is 17.7 Å². The molecule has 1 aromatic rings. The van der Waals surface area contributed by atoms with Gasteiger partial charge in [-0.25, -0.2) is 9.18 Å². The minimum atomic E-state index is -0.619. The van der Waals surface area contributed by atoms with Crippen molar-refractivity contribution >= 4 is 17.6 Å². The van der Waals surface area contributed by atoms with E-state index in [9.17, 15) is 14.0 Å². The molecule has 0 aliphatic heterocycles. The van der Waals surface area contributed by atoms with E-state index >= 15 is 0 Å². The summed E-state index contributed by atoms with van der Waals surface area (Å²) in [6.45, 7) is 1.86. The molecule has 5 nitrogen and oxygen atoms in total. The highest BCUT2D eigenvalue weighted by Gasteiger charge is 2.13. The van der Waals surface area contributed by atoms with Crippen LogP contribution in [0.1, 0.15) is 30.1 Å². The molecule has 0 saturated heterocycles. The van der Waals surface area contributed by atoms with Crippen LogP contribution in [0, 0.1) is 5.82 Å². The molecule has 1 unspecified atom stereocenters. The first-order valence-corrected chi connectivity index (χ1v) is 5.91. The van der Waals surface area contributed by atoms with Gasteiger partial charge in [0, 0.05) is 12.5 Å². The number of benzene rings is 1. The zero-order valence-electron chi connectivity index (χ0n) is 10.9. The lowest BCUT2D eigenvalue weighted by Crippen LogP contribution is -2.26. The number of hydrogen-bond donors (Lipinski definition) is 2. The summed E-state index contributed by atoms with van der Waals surface area (Å²) in [5.74, 6) is -1.61. The fourth-order valence-electron chi connectivity index (χ4n) is 1.45. The number of carbonyl (C=O) groups is 2. The number of amides is 1. The Balaban J connectivity index is 2.82. The average molecular weight is 268 g/mol. The highest BCUT2D eigenvalue weighted by Crippen LogP contribution is 2.17. The molecule has 0 aromatic heterocycles. The van der Waals surface area contributed by atoms with Crippen molar-refractivity contribution in [3.05, 3.63) is 29.6 Å². The summed E-state index contributed by atoms with van der Waals surface area (Å²) >= 11 is 0. The van der Waals surface area contributed by atoms with Gasteiger partial charge in [0.05, 0.1) is 18.4 Å². The Labute approximate surface area is 110 Å². The summed E-state index contributed by atoms with van der Waals surface area (Å²) in [6.07, 6.45) is 0.747. The van der Waals surface area contributed by atoms with E-state index in [4.69, 9.17) is 5.73 Å². The fourth-order valence-corrected chi connectivity index (χ4v) is 1.45. The fraction of sp³-hybridized carbons (Fsp3) is 0.385. The average Bonchev–Trinajstić information content (AvgIpc) is 2.40. The number of carbonyl (C=O) groups excluding carboxylic acids is 2. The molecule has 6 heteroatoms. The van der Waals surface area contributed by atoms with E-state index in [1.807, 2.05) is 6.92 Å². The maximum Gasteiger partial charge on any atom is 0.337 e. The normalized spacial score (nSPS) is 11.8. The van der Waals surface area contributed by atoms with Crippen LogP contribution in [-0.4, -0.2) is 25.0 Å². The van der Waals surface area contributed by atoms with Gasteiger partial charge in [-0.1, -0.05) is 6.92 Å². The van der Waals surface area contributed by atoms with E-state index in [0.29, 0.717) is 6.42 Å². The molecule has 0 saturated carbocycles. The van der Waals surface area contributed by atoms with Crippen molar-refractivity contribution in [1.82, 2.24) is 0 Å². The molecule has 0 aliphatic carbocycles. The summed E-state index contributed by atoms with van der Waals surface area (Å²) in [4.78, 5) is 22.9. The Morgan fingerprint density at radius 3 is 2.74 bits per heavy atom. The number of methoxy groups -OCH3 is 1. The summed E-state index contributed by atoms with van der Waals surface area (Å²) in [5.41, 5.74) is 5.74. The number of rotatable bonds is 5. The van der Waals surface area contributed by atoms with Crippen LogP contribution >= 0.6 is 0 Å². The molecular weight excluding hydrogens is 251 g/mol. The molecule has 1 rings (SSSR count). The minimum Gasteiger partial charge on any atom is -0.465 e. The number of hydrogen-bond acceptors (Lipinski definition) is 4. The van der Waals surface area contributed by atoms with Crippen LogP contribution in [0.15, 0.2) is 18.2 Å². The lowest BCUT2D eigenvalue weighted by molar-refractivity contribution is -0.116. The Morgan fingerprint density at radius 2 is 2.16 bits per heavy atom. The highest BCUT2D eigenvalue weighted by molar-refractivity contribution is 5.94. The summed E-state index contributed by atoms with van der Waals surface area (Å²) < 4.78 is 18.0. The maximum atomic E-state index is 13.5. The molecule has 3 N–H and O–H groups in total. The Bertz CT molecular complexity index is 477. The van der Waals surface area contributed by atoms with Gasteiger partial charge >= 0.3 is 5.97 Å². The van der Waals surface area contributed by atoms with Crippen molar-refractivity contribution in [3.8, 4) is 0 Å². The van der Waals surface area contributed by atoms with Gasteiger partial charge < -0.3 is 15.8 Å². The van der Waals surface area contributed by atoms with E-state index in [0.717, 1.165) is 6.07 Å². The van der Waals surface area contributed by atoms with E-state index in [-0.39, 0.29) is 23.7 Å². The third-order valence-electron chi connectivity index (χ3n) is 2.63. The Kier molecular flexibility index (Phi) is 5.44. The van der Waals surface area contributed by atoms with Crippen LogP contribution < -0.4 is 11.1 Å². The second kappa shape index (κ2) is 6.84. The number of nitrogens with two attached hydrogens (primary N) is 1. The Hall–Kier alpha value is -1.95. The summed E-state index contributed by atoms with van der Waals surface area (Å²) in [7, 11) is 1.23. The molecular formula is C13H17FN2O3. The van der Waals surface area contributed by atoms with Crippen molar-refractivity contribution in [1.29, 1.82) is 0 Å². The first kappa shape index (κ1) is 15.1. The van der Waals surface area contributed by atoms with Crippen molar-refractivity contribution in [3.63, 3.8) is 0 Å². The molecule has 0 spiro atoms. The first-order valence-electron chi connectivity index (χ1n) is 5.91. The molecule has 1 atom stereocenters. The lowest BCUT2D eigenvalue weighted by Gasteiger charge is -2.10. The zero-order chi connectivity index (χ0) is 14.4. The smallest absolute Gasteiger partial charge is 0.337 e. The van der Waals surface area contributed by atoms with Gasteiger partial charge in [0.1, 0.15) is 5.82 Å². The second-order valence-electron chi connectivity index (χ2n) is 4.11. The van der Waals surface area contributed by atoms with Gasteiger partial charge in [-0.2, -0.15) is 0 Å². The van der Waals surface area contributed by atoms with Gasteiger partial charge in [0.25, 0.3) is 0 Å². The molecule has 1 amide bonds. The lowest BCUT2D eigenvalue weighted by atomic mass is 10.1. The van der Waals surface area contributed by atoms with E-state index in [1.54, 1.807) is 0 Å². The number of ether oxygens (including phenoxy) is 1. The third kappa shape index (κ3) is 4.33. The standard InChI is InChI=1S/C13H17FN2O3/c1-3-9(15)7-12(17)16-11-6-8(13(18)19-2)4-5-10(11)14/h4-6,9H,3,7,15H2,1-2H3,(H,16,17). The van der Waals surface area contributed by atoms with Gasteiger partial charge in [-0.05, 0) is 24.6 Å². The number of esters is 1. The number of nitrogens with one attached hydrogen (secondary N) is 1. The quantitative estimate of drug-likeness (QED) is 0.796. The molecule has 0 bridgehead atoms. The van der Waals surface area contributed by atoms with Gasteiger partial charge in [-0.15, -0.1) is 0 Å². The van der Waals surface area contributed by atoms with Gasteiger partial charge in [0.2, 0.25) is 5.91 Å². The van der Waals surface area contributed by atoms with E-state index in [2.05, 4.69) is 10.1 Å². The molecule has 19 heavy (non-hydrogen) atoms.